The van der Waals surface area contributed by atoms with E-state index in [0.29, 0.717) is 6.04 Å². The van der Waals surface area contributed by atoms with E-state index in [9.17, 15) is 0 Å². The molecule has 0 radical (unpaired) electrons. The molecule has 1 saturated heterocycles. The molecule has 1 aromatic heterocycles. The van der Waals surface area contributed by atoms with E-state index < -0.39 is 0 Å². The molecule has 2 atom stereocenters. The lowest BCUT2D eigenvalue weighted by atomic mass is 10.1. The van der Waals surface area contributed by atoms with Crippen molar-refractivity contribution >= 4 is 0 Å². The van der Waals surface area contributed by atoms with Gasteiger partial charge in [-0.3, -0.25) is 4.98 Å². The van der Waals surface area contributed by atoms with E-state index in [1.54, 1.807) is 12.4 Å². The van der Waals surface area contributed by atoms with Crippen LogP contribution in [0.15, 0.2) is 48.8 Å². The fraction of sp³-hybridized carbons (Fsp3) is 0.409. The molecule has 0 saturated carbocycles. The van der Waals surface area contributed by atoms with Crippen molar-refractivity contribution in [2.75, 3.05) is 6.54 Å². The van der Waals surface area contributed by atoms with Gasteiger partial charge >= 0.3 is 0 Å². The van der Waals surface area contributed by atoms with Crippen molar-refractivity contribution in [1.82, 2.24) is 10.3 Å². The summed E-state index contributed by atoms with van der Waals surface area (Å²) < 4.78 is 6.03. The number of rotatable bonds is 6. The smallest absolute Gasteiger partial charge is 0.139 e. The minimum Gasteiger partial charge on any atom is -0.487 e. The third kappa shape index (κ3) is 5.62. The molecule has 0 aliphatic carbocycles. The molecule has 2 aromatic rings. The SMILES string of the molecule is CC(Oc1cncc(C#CCCCc2ccccc2)c1)[C@@H]1CCCN1. The molecular formula is C22H26N2O. The molecule has 1 N–H and O–H groups in total. The quantitative estimate of drug-likeness (QED) is 0.641. The molecule has 0 amide bonds. The highest BCUT2D eigenvalue weighted by molar-refractivity contribution is 5.36. The Morgan fingerprint density at radius 1 is 1.28 bits per heavy atom. The van der Waals surface area contributed by atoms with Gasteiger partial charge < -0.3 is 10.1 Å². The molecule has 3 rings (SSSR count). The first-order valence-corrected chi connectivity index (χ1v) is 9.19. The number of pyridine rings is 1. The fourth-order valence-electron chi connectivity index (χ4n) is 3.15. The lowest BCUT2D eigenvalue weighted by molar-refractivity contribution is 0.179. The predicted octanol–water partition coefficient (Wildman–Crippen LogP) is 3.98. The Morgan fingerprint density at radius 2 is 2.16 bits per heavy atom. The van der Waals surface area contributed by atoms with E-state index in [2.05, 4.69) is 59.4 Å². The van der Waals surface area contributed by atoms with Crippen molar-refractivity contribution in [3.63, 3.8) is 0 Å². The van der Waals surface area contributed by atoms with Crippen molar-refractivity contribution in [2.45, 2.75) is 51.2 Å². The molecule has 25 heavy (non-hydrogen) atoms. The summed E-state index contributed by atoms with van der Waals surface area (Å²) in [5.74, 6) is 7.26. The monoisotopic (exact) mass is 334 g/mol. The molecule has 1 fully saturated rings. The minimum atomic E-state index is 0.151. The zero-order valence-electron chi connectivity index (χ0n) is 14.9. The summed E-state index contributed by atoms with van der Waals surface area (Å²) in [5.41, 5.74) is 2.29. The van der Waals surface area contributed by atoms with Crippen LogP contribution in [0.25, 0.3) is 0 Å². The van der Waals surface area contributed by atoms with Gasteiger partial charge in [-0.25, -0.2) is 0 Å². The summed E-state index contributed by atoms with van der Waals surface area (Å²) >= 11 is 0. The van der Waals surface area contributed by atoms with E-state index >= 15 is 0 Å². The Balaban J connectivity index is 1.48. The number of aryl methyl sites for hydroxylation is 1. The highest BCUT2D eigenvalue weighted by Gasteiger charge is 2.22. The topological polar surface area (TPSA) is 34.1 Å². The first kappa shape index (κ1) is 17.5. The van der Waals surface area contributed by atoms with E-state index in [4.69, 9.17) is 4.74 Å². The Bertz CT molecular complexity index is 712. The number of benzene rings is 1. The number of nitrogens with zero attached hydrogens (tertiary/aromatic N) is 1. The van der Waals surface area contributed by atoms with Crippen LogP contribution in [0.2, 0.25) is 0 Å². The van der Waals surface area contributed by atoms with Crippen LogP contribution in [-0.4, -0.2) is 23.7 Å². The third-order valence-corrected chi connectivity index (χ3v) is 4.54. The van der Waals surface area contributed by atoms with Crippen LogP contribution in [-0.2, 0) is 6.42 Å². The van der Waals surface area contributed by atoms with Gasteiger partial charge in [-0.05, 0) is 50.8 Å². The van der Waals surface area contributed by atoms with E-state index in [1.165, 1.54) is 18.4 Å². The van der Waals surface area contributed by atoms with Crippen LogP contribution < -0.4 is 10.1 Å². The Hall–Kier alpha value is -2.31. The number of ether oxygens (including phenoxy) is 1. The summed E-state index contributed by atoms with van der Waals surface area (Å²) in [5, 5.41) is 3.48. The van der Waals surface area contributed by atoms with Gasteiger partial charge in [0.25, 0.3) is 0 Å². The molecule has 0 bridgehead atoms. The average molecular weight is 334 g/mol. The summed E-state index contributed by atoms with van der Waals surface area (Å²) in [4.78, 5) is 4.26. The summed E-state index contributed by atoms with van der Waals surface area (Å²) in [6.07, 6.45) is 9.16. The van der Waals surface area contributed by atoms with Gasteiger partial charge in [0, 0.05) is 24.2 Å². The highest BCUT2D eigenvalue weighted by Crippen LogP contribution is 2.17. The number of hydrogen-bond acceptors (Lipinski definition) is 3. The Kier molecular flexibility index (Phi) is 6.48. The molecule has 1 unspecified atom stereocenters. The second-order valence-corrected chi connectivity index (χ2v) is 6.58. The van der Waals surface area contributed by atoms with E-state index in [1.807, 2.05) is 6.07 Å². The van der Waals surface area contributed by atoms with Gasteiger partial charge in [-0.1, -0.05) is 42.2 Å². The molecule has 1 aliphatic heterocycles. The Labute approximate surface area is 150 Å². The van der Waals surface area contributed by atoms with Crippen molar-refractivity contribution < 1.29 is 4.74 Å². The number of unbranched alkanes of at least 4 members (excludes halogenated alkanes) is 1. The standard InChI is InChI=1S/C22H26N2O/c1-18(22-13-8-14-24-22)25-21-15-20(16-23-17-21)12-7-3-6-11-19-9-4-2-5-10-19/h2,4-5,9-10,15-18,22,24H,3,6,8,11,13-14H2,1H3/t18?,22-/m0/s1. The van der Waals surface area contributed by atoms with Crippen LogP contribution in [0.4, 0.5) is 0 Å². The predicted molar refractivity (Wildman–Crippen MR) is 102 cm³/mol. The first-order chi connectivity index (χ1) is 12.3. The Morgan fingerprint density at radius 3 is 2.96 bits per heavy atom. The van der Waals surface area contributed by atoms with Crippen molar-refractivity contribution in [3.05, 3.63) is 59.9 Å². The highest BCUT2D eigenvalue weighted by atomic mass is 16.5. The van der Waals surface area contributed by atoms with Crippen LogP contribution in [0.1, 0.15) is 43.7 Å². The number of hydrogen-bond donors (Lipinski definition) is 1. The van der Waals surface area contributed by atoms with Gasteiger partial charge in [0.05, 0.1) is 6.20 Å². The molecule has 1 aliphatic rings. The lowest BCUT2D eigenvalue weighted by Crippen LogP contribution is -2.36. The maximum absolute atomic E-state index is 6.03. The van der Waals surface area contributed by atoms with E-state index in [0.717, 1.165) is 37.1 Å². The third-order valence-electron chi connectivity index (χ3n) is 4.54. The van der Waals surface area contributed by atoms with Gasteiger partial charge in [0.1, 0.15) is 11.9 Å². The molecule has 3 heteroatoms. The molecule has 2 heterocycles. The van der Waals surface area contributed by atoms with Crippen LogP contribution in [0.5, 0.6) is 5.75 Å². The van der Waals surface area contributed by atoms with Crippen LogP contribution >= 0.6 is 0 Å². The minimum absolute atomic E-state index is 0.151. The van der Waals surface area contributed by atoms with Crippen LogP contribution in [0.3, 0.4) is 0 Å². The van der Waals surface area contributed by atoms with Gasteiger partial charge in [0.15, 0.2) is 0 Å². The normalized spacial score (nSPS) is 17.6. The van der Waals surface area contributed by atoms with Crippen molar-refractivity contribution in [2.24, 2.45) is 0 Å². The molecule has 1 aromatic carbocycles. The lowest BCUT2D eigenvalue weighted by Gasteiger charge is -2.20. The second kappa shape index (κ2) is 9.25. The first-order valence-electron chi connectivity index (χ1n) is 9.19. The maximum Gasteiger partial charge on any atom is 0.139 e. The largest absolute Gasteiger partial charge is 0.487 e. The number of nitrogens with one attached hydrogen (secondary N) is 1. The fourth-order valence-corrected chi connectivity index (χ4v) is 3.15. The maximum atomic E-state index is 6.03. The van der Waals surface area contributed by atoms with Crippen molar-refractivity contribution in [3.8, 4) is 17.6 Å². The molecular weight excluding hydrogens is 308 g/mol. The van der Waals surface area contributed by atoms with Gasteiger partial charge in [0.2, 0.25) is 0 Å². The molecule has 130 valence electrons. The van der Waals surface area contributed by atoms with Gasteiger partial charge in [-0.2, -0.15) is 0 Å². The second-order valence-electron chi connectivity index (χ2n) is 6.58. The summed E-state index contributed by atoms with van der Waals surface area (Å²) in [6, 6.07) is 13.0. The number of aromatic nitrogens is 1. The molecule has 3 nitrogen and oxygen atoms in total. The van der Waals surface area contributed by atoms with Crippen LogP contribution in [0, 0.1) is 11.8 Å². The average Bonchev–Trinajstić information content (AvgIpc) is 3.17. The zero-order valence-corrected chi connectivity index (χ0v) is 14.9. The van der Waals surface area contributed by atoms with Gasteiger partial charge in [-0.15, -0.1) is 0 Å². The zero-order chi connectivity index (χ0) is 17.3. The summed E-state index contributed by atoms with van der Waals surface area (Å²) in [7, 11) is 0. The van der Waals surface area contributed by atoms with Crippen molar-refractivity contribution in [1.29, 1.82) is 0 Å². The summed E-state index contributed by atoms with van der Waals surface area (Å²) in [6.45, 7) is 3.20. The molecule has 0 spiro atoms. The van der Waals surface area contributed by atoms with E-state index in [-0.39, 0.29) is 6.10 Å².